The largest absolute Gasteiger partial charge is 0.494 e. The number of aliphatic imine (C=N–C) groups is 1. The van der Waals surface area contributed by atoms with Crippen LogP contribution in [0.25, 0.3) is 0 Å². The van der Waals surface area contributed by atoms with Gasteiger partial charge in [0.2, 0.25) is 0 Å². The van der Waals surface area contributed by atoms with Gasteiger partial charge >= 0.3 is 0 Å². The Balaban J connectivity index is 0.00000320. The van der Waals surface area contributed by atoms with Crippen molar-refractivity contribution in [3.8, 4) is 11.5 Å². The molecule has 0 spiro atoms. The molecule has 0 unspecified atom stereocenters. The van der Waals surface area contributed by atoms with Crippen molar-refractivity contribution in [3.63, 3.8) is 0 Å². The van der Waals surface area contributed by atoms with Crippen molar-refractivity contribution in [2.45, 2.75) is 39.8 Å². The average molecular weight is 524 g/mol. The van der Waals surface area contributed by atoms with Crippen LogP contribution in [-0.2, 0) is 13.1 Å². The molecule has 6 nitrogen and oxygen atoms in total. The maximum Gasteiger partial charge on any atom is 0.193 e. The van der Waals surface area contributed by atoms with Crippen LogP contribution >= 0.6 is 24.0 Å². The van der Waals surface area contributed by atoms with E-state index in [9.17, 15) is 0 Å². The molecule has 0 bridgehead atoms. The zero-order chi connectivity index (χ0) is 20.5. The second-order valence-corrected chi connectivity index (χ2v) is 7.15. The number of rotatable bonds is 9. The highest BCUT2D eigenvalue weighted by Gasteiger charge is 2.11. The molecule has 1 aliphatic heterocycles. The number of nitrogens with one attached hydrogen (secondary N) is 1. The van der Waals surface area contributed by atoms with Crippen LogP contribution in [0.1, 0.15) is 37.8 Å². The van der Waals surface area contributed by atoms with Crippen LogP contribution in [0.4, 0.5) is 5.69 Å². The maximum absolute atomic E-state index is 6.12. The van der Waals surface area contributed by atoms with E-state index in [1.165, 1.54) is 31.5 Å². The van der Waals surface area contributed by atoms with Crippen LogP contribution in [0, 0.1) is 0 Å². The van der Waals surface area contributed by atoms with E-state index in [0.717, 1.165) is 29.3 Å². The molecule has 1 fully saturated rings. The monoisotopic (exact) mass is 524 g/mol. The minimum atomic E-state index is 0. The second kappa shape index (κ2) is 12.6. The number of halogens is 1. The van der Waals surface area contributed by atoms with Gasteiger partial charge in [0.1, 0.15) is 11.5 Å². The third-order valence-corrected chi connectivity index (χ3v) is 4.88. The van der Waals surface area contributed by atoms with Crippen LogP contribution < -0.4 is 20.5 Å². The summed E-state index contributed by atoms with van der Waals surface area (Å²) in [4.78, 5) is 6.98. The number of benzene rings is 2. The van der Waals surface area contributed by atoms with Gasteiger partial charge in [-0.1, -0.05) is 24.3 Å². The van der Waals surface area contributed by atoms with E-state index in [4.69, 9.17) is 15.2 Å². The van der Waals surface area contributed by atoms with E-state index >= 15 is 0 Å². The summed E-state index contributed by atoms with van der Waals surface area (Å²) < 4.78 is 11.2. The summed E-state index contributed by atoms with van der Waals surface area (Å²) in [5.41, 5.74) is 9.35. The molecule has 1 heterocycles. The van der Waals surface area contributed by atoms with Crippen molar-refractivity contribution < 1.29 is 9.47 Å². The van der Waals surface area contributed by atoms with Gasteiger partial charge in [-0.25, -0.2) is 4.99 Å². The van der Waals surface area contributed by atoms with Crippen molar-refractivity contribution in [1.29, 1.82) is 0 Å². The van der Waals surface area contributed by atoms with E-state index < -0.39 is 0 Å². The molecule has 7 heteroatoms. The van der Waals surface area contributed by atoms with Gasteiger partial charge in [-0.15, -0.1) is 24.0 Å². The maximum atomic E-state index is 6.12. The minimum Gasteiger partial charge on any atom is -0.494 e. The van der Waals surface area contributed by atoms with Gasteiger partial charge in [0.15, 0.2) is 5.96 Å². The fourth-order valence-electron chi connectivity index (χ4n) is 3.45. The van der Waals surface area contributed by atoms with Crippen LogP contribution in [0.3, 0.4) is 0 Å². The first-order chi connectivity index (χ1) is 14.2. The molecule has 2 aromatic carbocycles. The first-order valence-electron chi connectivity index (χ1n) is 10.4. The quantitative estimate of drug-likeness (QED) is 0.285. The summed E-state index contributed by atoms with van der Waals surface area (Å²) in [7, 11) is 0. The number of hydrogen-bond acceptors (Lipinski definition) is 4. The molecule has 0 radical (unpaired) electrons. The molecule has 164 valence electrons. The molecule has 0 saturated carbocycles. The highest BCUT2D eigenvalue weighted by atomic mass is 127. The number of nitrogens with zero attached hydrogens (tertiary/aromatic N) is 2. The Kier molecular flexibility index (Phi) is 10.2. The van der Waals surface area contributed by atoms with Crippen molar-refractivity contribution in [3.05, 3.63) is 53.6 Å². The summed E-state index contributed by atoms with van der Waals surface area (Å²) in [5, 5.41) is 3.14. The second-order valence-electron chi connectivity index (χ2n) is 7.15. The Bertz CT molecular complexity index is 805. The summed E-state index contributed by atoms with van der Waals surface area (Å²) >= 11 is 0. The molecule has 2 aromatic rings. The van der Waals surface area contributed by atoms with Crippen molar-refractivity contribution >= 4 is 35.6 Å². The van der Waals surface area contributed by atoms with Crippen molar-refractivity contribution in [2.75, 3.05) is 31.6 Å². The highest BCUT2D eigenvalue weighted by Crippen LogP contribution is 2.29. The third kappa shape index (κ3) is 7.36. The number of nitrogens with two attached hydrogens (primary N) is 1. The molecule has 0 amide bonds. The van der Waals surface area contributed by atoms with Crippen LogP contribution in [0.2, 0.25) is 0 Å². The fraction of sp³-hybridized carbons (Fsp3) is 0.435. The SMILES string of the molecule is CCOc1ccc(OCC)c(NC(N)=NCc2ccc(CN3CCCC3)cc2)c1.I. The summed E-state index contributed by atoms with van der Waals surface area (Å²) in [6.45, 7) is 9.06. The molecule has 3 rings (SSSR count). The zero-order valence-electron chi connectivity index (χ0n) is 17.9. The molecular weight excluding hydrogens is 491 g/mol. The number of guanidine groups is 1. The van der Waals surface area contributed by atoms with Gasteiger partial charge in [-0.3, -0.25) is 4.90 Å². The molecule has 0 atom stereocenters. The standard InChI is InChI=1S/C23H32N4O2.HI/c1-3-28-20-11-12-22(29-4-2)21(15-20)26-23(24)25-16-18-7-9-19(10-8-18)17-27-13-5-6-14-27;/h7-12,15H,3-6,13-14,16-17H2,1-2H3,(H3,24,25,26);1H. The lowest BCUT2D eigenvalue weighted by Crippen LogP contribution is -2.23. The van der Waals surface area contributed by atoms with Crippen molar-refractivity contribution in [2.24, 2.45) is 10.7 Å². The van der Waals surface area contributed by atoms with E-state index in [2.05, 4.69) is 39.5 Å². The molecule has 3 N–H and O–H groups in total. The summed E-state index contributed by atoms with van der Waals surface area (Å²) in [6.07, 6.45) is 2.63. The zero-order valence-corrected chi connectivity index (χ0v) is 20.2. The summed E-state index contributed by atoms with van der Waals surface area (Å²) in [6, 6.07) is 14.3. The molecule has 1 saturated heterocycles. The Morgan fingerprint density at radius 1 is 1.00 bits per heavy atom. The number of anilines is 1. The molecule has 30 heavy (non-hydrogen) atoms. The van der Waals surface area contributed by atoms with Gasteiger partial charge in [0, 0.05) is 12.6 Å². The van der Waals surface area contributed by atoms with Crippen LogP contribution in [-0.4, -0.2) is 37.2 Å². The van der Waals surface area contributed by atoms with E-state index in [1.807, 2.05) is 32.0 Å². The summed E-state index contributed by atoms with van der Waals surface area (Å²) in [5.74, 6) is 1.83. The average Bonchev–Trinajstić information content (AvgIpc) is 3.23. The predicted octanol–water partition coefficient (Wildman–Crippen LogP) is 4.62. The van der Waals surface area contributed by atoms with E-state index in [1.54, 1.807) is 0 Å². The number of hydrogen-bond donors (Lipinski definition) is 2. The lowest BCUT2D eigenvalue weighted by Gasteiger charge is -2.15. The first-order valence-corrected chi connectivity index (χ1v) is 10.4. The molecule has 1 aliphatic rings. The third-order valence-electron chi connectivity index (χ3n) is 4.88. The predicted molar refractivity (Wildman–Crippen MR) is 134 cm³/mol. The highest BCUT2D eigenvalue weighted by molar-refractivity contribution is 14.0. The molecule has 0 aromatic heterocycles. The fourth-order valence-corrected chi connectivity index (χ4v) is 3.45. The van der Waals surface area contributed by atoms with Gasteiger partial charge < -0.3 is 20.5 Å². The number of ether oxygens (including phenoxy) is 2. The van der Waals surface area contributed by atoms with Gasteiger partial charge in [-0.05, 0) is 63.0 Å². The molecular formula is C23H33IN4O2. The first kappa shape index (κ1) is 24.3. The lowest BCUT2D eigenvalue weighted by molar-refractivity contribution is 0.331. The van der Waals surface area contributed by atoms with E-state index in [-0.39, 0.29) is 24.0 Å². The Morgan fingerprint density at radius 2 is 1.67 bits per heavy atom. The van der Waals surface area contributed by atoms with Gasteiger partial charge in [-0.2, -0.15) is 0 Å². The van der Waals surface area contributed by atoms with Gasteiger partial charge in [0.25, 0.3) is 0 Å². The van der Waals surface area contributed by atoms with Crippen molar-refractivity contribution in [1.82, 2.24) is 4.90 Å². The molecule has 0 aliphatic carbocycles. The van der Waals surface area contributed by atoms with Crippen LogP contribution in [0.15, 0.2) is 47.5 Å². The normalized spacial score (nSPS) is 14.3. The Labute approximate surface area is 196 Å². The number of likely N-dealkylation sites (tertiary alicyclic amines) is 1. The Morgan fingerprint density at radius 3 is 2.33 bits per heavy atom. The smallest absolute Gasteiger partial charge is 0.193 e. The topological polar surface area (TPSA) is 72.1 Å². The Hall–Kier alpha value is -2.00. The van der Waals surface area contributed by atoms with Gasteiger partial charge in [0.05, 0.1) is 25.4 Å². The van der Waals surface area contributed by atoms with E-state index in [0.29, 0.717) is 25.7 Å². The lowest BCUT2D eigenvalue weighted by atomic mass is 10.1. The van der Waals surface area contributed by atoms with Crippen LogP contribution in [0.5, 0.6) is 11.5 Å². The minimum absolute atomic E-state index is 0.